The number of fused-ring (bicyclic) bond motifs is 1. The predicted octanol–water partition coefficient (Wildman–Crippen LogP) is 1.49. The monoisotopic (exact) mass is 347 g/mol. The number of aromatic amines is 1. The molecule has 0 saturated carbocycles. The average Bonchev–Trinajstić information content (AvgIpc) is 3.31. The first-order valence-corrected chi connectivity index (χ1v) is 7.66. The third-order valence-electron chi connectivity index (χ3n) is 3.90. The van der Waals surface area contributed by atoms with Gasteiger partial charge in [-0.2, -0.15) is 5.10 Å². The van der Waals surface area contributed by atoms with Crippen LogP contribution in [-0.2, 0) is 0 Å². The molecule has 4 aromatic rings. The highest BCUT2D eigenvalue weighted by Crippen LogP contribution is 2.21. The second-order valence-electron chi connectivity index (χ2n) is 5.57. The van der Waals surface area contributed by atoms with Crippen LogP contribution in [-0.4, -0.2) is 36.8 Å². The standard InChI is InChI=1S/C17H13N7O2/c18-16(25)15-13-7-11(3-6-14(13)22-23-15)21-17(26)10-1-4-12(5-2-10)24-8-19-20-9-24/h1-9H,(H2,18,25)(H,21,26)(H,22,23). The molecule has 0 atom stereocenters. The number of benzene rings is 2. The van der Waals surface area contributed by atoms with E-state index in [1.54, 1.807) is 59.7 Å². The average molecular weight is 347 g/mol. The van der Waals surface area contributed by atoms with Gasteiger partial charge >= 0.3 is 0 Å². The Kier molecular flexibility index (Phi) is 3.66. The minimum Gasteiger partial charge on any atom is -0.364 e. The normalized spacial score (nSPS) is 10.8. The second-order valence-corrected chi connectivity index (χ2v) is 5.57. The Morgan fingerprint density at radius 3 is 2.46 bits per heavy atom. The van der Waals surface area contributed by atoms with Crippen molar-refractivity contribution in [3.63, 3.8) is 0 Å². The zero-order chi connectivity index (χ0) is 18.1. The van der Waals surface area contributed by atoms with Gasteiger partial charge in [-0.1, -0.05) is 0 Å². The Morgan fingerprint density at radius 1 is 1.04 bits per heavy atom. The van der Waals surface area contributed by atoms with Gasteiger partial charge in [0, 0.05) is 22.3 Å². The van der Waals surface area contributed by atoms with Crippen LogP contribution in [0.15, 0.2) is 55.1 Å². The molecule has 0 fully saturated rings. The Morgan fingerprint density at radius 2 is 1.77 bits per heavy atom. The van der Waals surface area contributed by atoms with Gasteiger partial charge in [0.15, 0.2) is 5.69 Å². The molecule has 2 aromatic heterocycles. The van der Waals surface area contributed by atoms with Gasteiger partial charge in [-0.25, -0.2) is 0 Å². The number of nitrogens with zero attached hydrogens (tertiary/aromatic N) is 4. The maximum atomic E-state index is 12.4. The summed E-state index contributed by atoms with van der Waals surface area (Å²) in [4.78, 5) is 23.8. The molecular formula is C17H13N7O2. The van der Waals surface area contributed by atoms with Crippen molar-refractivity contribution in [2.24, 2.45) is 5.73 Å². The number of carbonyl (C=O) groups is 2. The number of rotatable bonds is 4. The van der Waals surface area contributed by atoms with Gasteiger partial charge in [0.1, 0.15) is 12.7 Å². The zero-order valence-corrected chi connectivity index (χ0v) is 13.4. The molecule has 2 aromatic carbocycles. The van der Waals surface area contributed by atoms with Crippen molar-refractivity contribution >= 4 is 28.4 Å². The number of anilines is 1. The number of nitrogens with two attached hydrogens (primary N) is 1. The van der Waals surface area contributed by atoms with Crippen molar-refractivity contribution < 1.29 is 9.59 Å². The van der Waals surface area contributed by atoms with Crippen LogP contribution in [0.2, 0.25) is 0 Å². The van der Waals surface area contributed by atoms with Crippen LogP contribution in [0.1, 0.15) is 20.8 Å². The summed E-state index contributed by atoms with van der Waals surface area (Å²) < 4.78 is 1.74. The molecule has 0 aliphatic heterocycles. The summed E-state index contributed by atoms with van der Waals surface area (Å²) in [5, 5.41) is 17.4. The predicted molar refractivity (Wildman–Crippen MR) is 93.9 cm³/mol. The number of hydrogen-bond acceptors (Lipinski definition) is 5. The summed E-state index contributed by atoms with van der Waals surface area (Å²) in [5.41, 5.74) is 7.97. The summed E-state index contributed by atoms with van der Waals surface area (Å²) in [6, 6.07) is 12.1. The lowest BCUT2D eigenvalue weighted by atomic mass is 10.1. The van der Waals surface area contributed by atoms with Gasteiger partial charge in [-0.3, -0.25) is 19.3 Å². The van der Waals surface area contributed by atoms with Crippen molar-refractivity contribution in [1.29, 1.82) is 0 Å². The molecule has 0 unspecified atom stereocenters. The van der Waals surface area contributed by atoms with E-state index in [0.717, 1.165) is 5.69 Å². The first-order chi connectivity index (χ1) is 12.6. The molecule has 0 bridgehead atoms. The number of H-pyrrole nitrogens is 1. The number of primary amides is 1. The number of nitrogens with one attached hydrogen (secondary N) is 2. The Labute approximate surface area is 146 Å². The Balaban J connectivity index is 1.57. The summed E-state index contributed by atoms with van der Waals surface area (Å²) in [6.07, 6.45) is 3.15. The highest BCUT2D eigenvalue weighted by Gasteiger charge is 2.13. The van der Waals surface area contributed by atoms with Crippen molar-refractivity contribution in [3.05, 3.63) is 66.4 Å². The van der Waals surface area contributed by atoms with E-state index in [1.807, 2.05) is 0 Å². The van der Waals surface area contributed by atoms with Crippen molar-refractivity contribution in [2.45, 2.75) is 0 Å². The van der Waals surface area contributed by atoms with E-state index >= 15 is 0 Å². The molecule has 9 nitrogen and oxygen atoms in total. The summed E-state index contributed by atoms with van der Waals surface area (Å²) in [5.74, 6) is -0.909. The van der Waals surface area contributed by atoms with Crippen molar-refractivity contribution in [3.8, 4) is 5.69 Å². The van der Waals surface area contributed by atoms with Gasteiger partial charge in [-0.15, -0.1) is 10.2 Å². The van der Waals surface area contributed by atoms with Crippen LogP contribution >= 0.6 is 0 Å². The lowest BCUT2D eigenvalue weighted by molar-refractivity contribution is 0.0995. The molecule has 0 saturated heterocycles. The van der Waals surface area contributed by atoms with Gasteiger partial charge in [0.05, 0.1) is 5.52 Å². The van der Waals surface area contributed by atoms with Crippen LogP contribution in [0.3, 0.4) is 0 Å². The van der Waals surface area contributed by atoms with E-state index in [9.17, 15) is 9.59 Å². The molecule has 0 aliphatic carbocycles. The Hall–Kier alpha value is -4.01. The maximum Gasteiger partial charge on any atom is 0.269 e. The summed E-state index contributed by atoms with van der Waals surface area (Å²) in [6.45, 7) is 0. The lowest BCUT2D eigenvalue weighted by Gasteiger charge is -2.07. The summed E-state index contributed by atoms with van der Waals surface area (Å²) in [7, 11) is 0. The van der Waals surface area contributed by atoms with E-state index in [4.69, 9.17) is 5.73 Å². The minimum absolute atomic E-state index is 0.134. The van der Waals surface area contributed by atoms with Crippen molar-refractivity contribution in [2.75, 3.05) is 5.32 Å². The molecule has 26 heavy (non-hydrogen) atoms. The van der Waals surface area contributed by atoms with E-state index in [0.29, 0.717) is 22.2 Å². The minimum atomic E-state index is -0.635. The van der Waals surface area contributed by atoms with Crippen molar-refractivity contribution in [1.82, 2.24) is 25.0 Å². The van der Waals surface area contributed by atoms with Gasteiger partial charge in [-0.05, 0) is 42.5 Å². The van der Waals surface area contributed by atoms with Crippen LogP contribution in [0.25, 0.3) is 16.6 Å². The van der Waals surface area contributed by atoms with E-state index in [-0.39, 0.29) is 11.6 Å². The third kappa shape index (κ3) is 2.77. The van der Waals surface area contributed by atoms with Gasteiger partial charge in [0.2, 0.25) is 0 Å². The van der Waals surface area contributed by atoms with Gasteiger partial charge in [0.25, 0.3) is 11.8 Å². The molecule has 2 heterocycles. The zero-order valence-electron chi connectivity index (χ0n) is 13.4. The molecule has 0 radical (unpaired) electrons. The van der Waals surface area contributed by atoms with Crippen LogP contribution in [0.4, 0.5) is 5.69 Å². The maximum absolute atomic E-state index is 12.4. The van der Waals surface area contributed by atoms with E-state index < -0.39 is 5.91 Å². The number of aromatic nitrogens is 5. The van der Waals surface area contributed by atoms with Crippen LogP contribution in [0.5, 0.6) is 0 Å². The largest absolute Gasteiger partial charge is 0.364 e. The molecule has 2 amide bonds. The molecule has 4 N–H and O–H groups in total. The fourth-order valence-corrected chi connectivity index (χ4v) is 2.60. The quantitative estimate of drug-likeness (QED) is 0.515. The smallest absolute Gasteiger partial charge is 0.269 e. The number of amides is 2. The molecule has 9 heteroatoms. The van der Waals surface area contributed by atoms with Crippen LogP contribution in [0, 0.1) is 0 Å². The molecule has 0 spiro atoms. The lowest BCUT2D eigenvalue weighted by Crippen LogP contribution is -2.13. The number of hydrogen-bond donors (Lipinski definition) is 3. The fraction of sp³-hybridized carbons (Fsp3) is 0. The third-order valence-corrected chi connectivity index (χ3v) is 3.90. The first-order valence-electron chi connectivity index (χ1n) is 7.66. The molecule has 128 valence electrons. The van der Waals surface area contributed by atoms with E-state index in [1.165, 1.54) is 0 Å². The first kappa shape index (κ1) is 15.5. The molecular weight excluding hydrogens is 334 g/mol. The molecule has 4 rings (SSSR count). The number of carbonyl (C=O) groups excluding carboxylic acids is 2. The van der Waals surface area contributed by atoms with E-state index in [2.05, 4.69) is 25.7 Å². The van der Waals surface area contributed by atoms with Crippen LogP contribution < -0.4 is 11.1 Å². The fourth-order valence-electron chi connectivity index (χ4n) is 2.60. The topological polar surface area (TPSA) is 132 Å². The highest BCUT2D eigenvalue weighted by atomic mass is 16.2. The highest BCUT2D eigenvalue weighted by molar-refractivity contribution is 6.08. The Bertz CT molecular complexity index is 1100. The summed E-state index contributed by atoms with van der Waals surface area (Å²) >= 11 is 0. The second kappa shape index (κ2) is 6.13. The molecule has 0 aliphatic rings. The van der Waals surface area contributed by atoms with Gasteiger partial charge < -0.3 is 11.1 Å². The SMILES string of the molecule is NC(=O)c1n[nH]c2ccc(NC(=O)c3ccc(-n4cnnc4)cc3)cc12.